The SMILES string of the molecule is CCCN(CC#N)C(=O)CCc1ccc(OC)cc1. The zero-order chi connectivity index (χ0) is 14.1. The van der Waals surface area contributed by atoms with E-state index in [1.165, 1.54) is 0 Å². The maximum atomic E-state index is 12.0. The minimum atomic E-state index is 0.0409. The van der Waals surface area contributed by atoms with Crippen molar-refractivity contribution in [2.75, 3.05) is 20.2 Å². The number of hydrogen-bond donors (Lipinski definition) is 0. The highest BCUT2D eigenvalue weighted by Gasteiger charge is 2.11. The predicted molar refractivity (Wildman–Crippen MR) is 73.8 cm³/mol. The number of nitrogens with zero attached hydrogens (tertiary/aromatic N) is 2. The zero-order valence-corrected chi connectivity index (χ0v) is 11.6. The van der Waals surface area contributed by atoms with Gasteiger partial charge in [-0.3, -0.25) is 4.79 Å². The molecule has 0 N–H and O–H groups in total. The molecule has 1 rings (SSSR count). The normalized spacial score (nSPS) is 9.74. The minimum Gasteiger partial charge on any atom is -0.497 e. The Morgan fingerprint density at radius 1 is 1.37 bits per heavy atom. The van der Waals surface area contributed by atoms with Crippen molar-refractivity contribution in [3.05, 3.63) is 29.8 Å². The fourth-order valence-electron chi connectivity index (χ4n) is 1.85. The van der Waals surface area contributed by atoms with Crippen LogP contribution in [0.4, 0.5) is 0 Å². The average molecular weight is 260 g/mol. The van der Waals surface area contributed by atoms with Crippen molar-refractivity contribution >= 4 is 5.91 Å². The monoisotopic (exact) mass is 260 g/mol. The molecule has 0 fully saturated rings. The fraction of sp³-hybridized carbons (Fsp3) is 0.467. The van der Waals surface area contributed by atoms with E-state index >= 15 is 0 Å². The maximum absolute atomic E-state index is 12.0. The van der Waals surface area contributed by atoms with E-state index in [1.54, 1.807) is 12.0 Å². The van der Waals surface area contributed by atoms with E-state index in [-0.39, 0.29) is 12.5 Å². The van der Waals surface area contributed by atoms with Crippen LogP contribution in [0.2, 0.25) is 0 Å². The molecule has 0 heterocycles. The summed E-state index contributed by atoms with van der Waals surface area (Å²) in [6.07, 6.45) is 2.00. The number of carbonyl (C=O) groups is 1. The van der Waals surface area contributed by atoms with Crippen LogP contribution in [0.5, 0.6) is 5.75 Å². The molecule has 102 valence electrons. The third kappa shape index (κ3) is 5.01. The van der Waals surface area contributed by atoms with Gasteiger partial charge in [0.2, 0.25) is 5.91 Å². The summed E-state index contributed by atoms with van der Waals surface area (Å²) in [5.74, 6) is 0.853. The van der Waals surface area contributed by atoms with Crippen molar-refractivity contribution in [3.8, 4) is 11.8 Å². The Morgan fingerprint density at radius 2 is 2.05 bits per heavy atom. The number of hydrogen-bond acceptors (Lipinski definition) is 3. The van der Waals surface area contributed by atoms with Crippen molar-refractivity contribution in [2.45, 2.75) is 26.2 Å². The van der Waals surface area contributed by atoms with Crippen molar-refractivity contribution in [1.82, 2.24) is 4.90 Å². The first-order valence-electron chi connectivity index (χ1n) is 6.49. The molecule has 4 nitrogen and oxygen atoms in total. The Hall–Kier alpha value is -2.02. The molecule has 0 saturated heterocycles. The van der Waals surface area contributed by atoms with Gasteiger partial charge < -0.3 is 9.64 Å². The molecule has 0 aliphatic heterocycles. The summed E-state index contributed by atoms with van der Waals surface area (Å²) in [6, 6.07) is 9.73. The lowest BCUT2D eigenvalue weighted by molar-refractivity contribution is -0.130. The number of aryl methyl sites for hydroxylation is 1. The molecule has 0 aromatic heterocycles. The molecule has 4 heteroatoms. The quantitative estimate of drug-likeness (QED) is 0.707. The number of ether oxygens (including phenoxy) is 1. The van der Waals surface area contributed by atoms with E-state index in [4.69, 9.17) is 10.00 Å². The number of nitriles is 1. The highest BCUT2D eigenvalue weighted by Crippen LogP contribution is 2.13. The number of methoxy groups -OCH3 is 1. The van der Waals surface area contributed by atoms with Gasteiger partial charge in [0.25, 0.3) is 0 Å². The molecule has 0 saturated carbocycles. The molecule has 0 atom stereocenters. The van der Waals surface area contributed by atoms with E-state index in [0.29, 0.717) is 19.4 Å². The molecule has 1 amide bonds. The number of rotatable bonds is 7. The van der Waals surface area contributed by atoms with Gasteiger partial charge in [-0.1, -0.05) is 19.1 Å². The van der Waals surface area contributed by atoms with Crippen LogP contribution in [0.25, 0.3) is 0 Å². The van der Waals surface area contributed by atoms with Gasteiger partial charge in [-0.25, -0.2) is 0 Å². The standard InChI is InChI=1S/C15H20N2O2/c1-3-11-17(12-10-16)15(18)9-6-13-4-7-14(19-2)8-5-13/h4-5,7-8H,3,6,9,11-12H2,1-2H3. The van der Waals surface area contributed by atoms with Gasteiger partial charge in [-0.2, -0.15) is 5.26 Å². The molecular formula is C15H20N2O2. The van der Waals surface area contributed by atoms with E-state index in [2.05, 4.69) is 0 Å². The van der Waals surface area contributed by atoms with Gasteiger partial charge in [-0.05, 0) is 30.5 Å². The Kier molecular flexibility index (Phi) is 6.45. The van der Waals surface area contributed by atoms with E-state index in [0.717, 1.165) is 17.7 Å². The van der Waals surface area contributed by atoms with Crippen LogP contribution >= 0.6 is 0 Å². The average Bonchev–Trinajstić information content (AvgIpc) is 2.45. The molecular weight excluding hydrogens is 240 g/mol. The largest absolute Gasteiger partial charge is 0.497 e. The van der Waals surface area contributed by atoms with Crippen LogP contribution in [0.15, 0.2) is 24.3 Å². The number of amides is 1. The lowest BCUT2D eigenvalue weighted by Crippen LogP contribution is -2.32. The second-order valence-electron chi connectivity index (χ2n) is 4.32. The summed E-state index contributed by atoms with van der Waals surface area (Å²) >= 11 is 0. The van der Waals surface area contributed by atoms with Crippen molar-refractivity contribution in [3.63, 3.8) is 0 Å². The first-order valence-corrected chi connectivity index (χ1v) is 6.49. The van der Waals surface area contributed by atoms with Crippen LogP contribution in [0.3, 0.4) is 0 Å². The molecule has 19 heavy (non-hydrogen) atoms. The summed E-state index contributed by atoms with van der Waals surface area (Å²) in [7, 11) is 1.63. The zero-order valence-electron chi connectivity index (χ0n) is 11.6. The van der Waals surface area contributed by atoms with Gasteiger partial charge in [0.1, 0.15) is 12.3 Å². The molecule has 0 aliphatic rings. The lowest BCUT2D eigenvalue weighted by Gasteiger charge is -2.18. The first kappa shape index (κ1) is 15.0. The number of carbonyl (C=O) groups excluding carboxylic acids is 1. The van der Waals surface area contributed by atoms with Gasteiger partial charge in [0.15, 0.2) is 0 Å². The summed E-state index contributed by atoms with van der Waals surface area (Å²) < 4.78 is 5.09. The second-order valence-corrected chi connectivity index (χ2v) is 4.32. The highest BCUT2D eigenvalue weighted by molar-refractivity contribution is 5.76. The fourth-order valence-corrected chi connectivity index (χ4v) is 1.85. The molecule has 0 bridgehead atoms. The first-order chi connectivity index (χ1) is 9.21. The Labute approximate surface area is 114 Å². The molecule has 1 aromatic rings. The summed E-state index contributed by atoms with van der Waals surface area (Å²) in [6.45, 7) is 2.82. The van der Waals surface area contributed by atoms with Gasteiger partial charge >= 0.3 is 0 Å². The Balaban J connectivity index is 2.49. The van der Waals surface area contributed by atoms with Crippen LogP contribution < -0.4 is 4.74 Å². The third-order valence-electron chi connectivity index (χ3n) is 2.89. The Morgan fingerprint density at radius 3 is 2.58 bits per heavy atom. The molecule has 0 spiro atoms. The van der Waals surface area contributed by atoms with Crippen molar-refractivity contribution in [1.29, 1.82) is 5.26 Å². The maximum Gasteiger partial charge on any atom is 0.223 e. The van der Waals surface area contributed by atoms with E-state index < -0.39 is 0 Å². The van der Waals surface area contributed by atoms with Crippen molar-refractivity contribution < 1.29 is 9.53 Å². The molecule has 0 unspecified atom stereocenters. The van der Waals surface area contributed by atoms with Gasteiger partial charge in [0.05, 0.1) is 13.2 Å². The summed E-state index contributed by atoms with van der Waals surface area (Å²) in [5.41, 5.74) is 1.10. The second kappa shape index (κ2) is 8.15. The lowest BCUT2D eigenvalue weighted by atomic mass is 10.1. The van der Waals surface area contributed by atoms with E-state index in [1.807, 2.05) is 37.3 Å². The highest BCUT2D eigenvalue weighted by atomic mass is 16.5. The van der Waals surface area contributed by atoms with Crippen LogP contribution in [0.1, 0.15) is 25.3 Å². The van der Waals surface area contributed by atoms with E-state index in [9.17, 15) is 4.79 Å². The molecule has 0 aliphatic carbocycles. The van der Waals surface area contributed by atoms with Crippen molar-refractivity contribution in [2.24, 2.45) is 0 Å². The third-order valence-corrected chi connectivity index (χ3v) is 2.89. The smallest absolute Gasteiger partial charge is 0.223 e. The summed E-state index contributed by atoms with van der Waals surface area (Å²) in [4.78, 5) is 13.6. The predicted octanol–water partition coefficient (Wildman–Crippen LogP) is 2.39. The van der Waals surface area contributed by atoms with Gasteiger partial charge in [-0.15, -0.1) is 0 Å². The molecule has 0 radical (unpaired) electrons. The number of benzene rings is 1. The van der Waals surface area contributed by atoms with Crippen LogP contribution in [-0.4, -0.2) is 31.0 Å². The van der Waals surface area contributed by atoms with Crippen LogP contribution in [-0.2, 0) is 11.2 Å². The summed E-state index contributed by atoms with van der Waals surface area (Å²) in [5, 5.41) is 8.70. The topological polar surface area (TPSA) is 53.3 Å². The minimum absolute atomic E-state index is 0.0409. The molecule has 1 aromatic carbocycles. The van der Waals surface area contributed by atoms with Gasteiger partial charge in [0, 0.05) is 13.0 Å². The Bertz CT molecular complexity index is 434. The van der Waals surface area contributed by atoms with Crippen LogP contribution in [0, 0.1) is 11.3 Å².